The van der Waals surface area contributed by atoms with E-state index in [2.05, 4.69) is 19.2 Å². The Hall–Kier alpha value is -1.10. The number of ether oxygens (including phenoxy) is 1. The zero-order valence-corrected chi connectivity index (χ0v) is 11.6. The molecular formula is C14H23NO4. The molecule has 1 heterocycles. The fourth-order valence-corrected chi connectivity index (χ4v) is 3.08. The Morgan fingerprint density at radius 3 is 2.47 bits per heavy atom. The van der Waals surface area contributed by atoms with E-state index in [9.17, 15) is 9.59 Å². The monoisotopic (exact) mass is 269 g/mol. The maximum Gasteiger partial charge on any atom is 0.307 e. The molecule has 0 radical (unpaired) electrons. The Morgan fingerprint density at radius 2 is 1.95 bits per heavy atom. The maximum atomic E-state index is 12.0. The van der Waals surface area contributed by atoms with Crippen molar-refractivity contribution >= 4 is 11.9 Å². The summed E-state index contributed by atoms with van der Waals surface area (Å²) in [4.78, 5) is 22.9. The number of carboxylic acids is 1. The Bertz CT molecular complexity index is 355. The molecule has 0 aromatic rings. The van der Waals surface area contributed by atoms with Crippen LogP contribution >= 0.6 is 0 Å². The van der Waals surface area contributed by atoms with Crippen LogP contribution < -0.4 is 5.32 Å². The lowest BCUT2D eigenvalue weighted by Crippen LogP contribution is -2.46. The number of rotatable bonds is 5. The quantitative estimate of drug-likeness (QED) is 0.788. The summed E-state index contributed by atoms with van der Waals surface area (Å²) in [6, 6.07) is 0. The first kappa shape index (κ1) is 14.3. The Morgan fingerprint density at radius 1 is 1.26 bits per heavy atom. The van der Waals surface area contributed by atoms with E-state index in [1.165, 1.54) is 0 Å². The summed E-state index contributed by atoms with van der Waals surface area (Å²) in [6.45, 7) is 5.60. The van der Waals surface area contributed by atoms with Crippen LogP contribution in [-0.2, 0) is 14.3 Å². The van der Waals surface area contributed by atoms with Gasteiger partial charge in [-0.1, -0.05) is 13.8 Å². The highest BCUT2D eigenvalue weighted by Gasteiger charge is 2.41. The van der Waals surface area contributed by atoms with E-state index in [4.69, 9.17) is 9.84 Å². The maximum absolute atomic E-state index is 12.0. The van der Waals surface area contributed by atoms with E-state index in [1.54, 1.807) is 0 Å². The van der Waals surface area contributed by atoms with Gasteiger partial charge >= 0.3 is 5.97 Å². The van der Waals surface area contributed by atoms with Gasteiger partial charge in [-0.15, -0.1) is 0 Å². The number of carboxylic acid groups (broad SMARTS) is 1. The molecule has 1 aliphatic heterocycles. The second kappa shape index (κ2) is 5.90. The Labute approximate surface area is 113 Å². The molecule has 0 spiro atoms. The van der Waals surface area contributed by atoms with Gasteiger partial charge in [0.1, 0.15) is 0 Å². The van der Waals surface area contributed by atoms with Gasteiger partial charge < -0.3 is 15.2 Å². The molecule has 2 rings (SSSR count). The van der Waals surface area contributed by atoms with Gasteiger partial charge in [-0.2, -0.15) is 0 Å². The third kappa shape index (κ3) is 3.08. The van der Waals surface area contributed by atoms with Crippen LogP contribution in [-0.4, -0.2) is 36.2 Å². The SMILES string of the molecule is CC(C)C1OCCC1CNC(=O)C1CCC1C(=O)O. The van der Waals surface area contributed by atoms with Crippen molar-refractivity contribution in [3.8, 4) is 0 Å². The largest absolute Gasteiger partial charge is 0.481 e. The molecule has 5 heteroatoms. The molecule has 0 aromatic heterocycles. The summed E-state index contributed by atoms with van der Waals surface area (Å²) in [5, 5.41) is 11.9. The Balaban J connectivity index is 1.79. The number of aliphatic carboxylic acids is 1. The molecule has 2 aliphatic rings. The van der Waals surface area contributed by atoms with Gasteiger partial charge in [0.25, 0.3) is 0 Å². The van der Waals surface area contributed by atoms with Crippen LogP contribution in [0, 0.1) is 23.7 Å². The average Bonchev–Trinajstić information content (AvgIpc) is 2.71. The van der Waals surface area contributed by atoms with Crippen molar-refractivity contribution < 1.29 is 19.4 Å². The van der Waals surface area contributed by atoms with Crippen molar-refractivity contribution in [3.05, 3.63) is 0 Å². The minimum atomic E-state index is -0.851. The van der Waals surface area contributed by atoms with Gasteiger partial charge in [0.2, 0.25) is 5.91 Å². The molecule has 0 aromatic carbocycles. The smallest absolute Gasteiger partial charge is 0.307 e. The summed E-state index contributed by atoms with van der Waals surface area (Å²) in [5.41, 5.74) is 0. The lowest BCUT2D eigenvalue weighted by molar-refractivity contribution is -0.152. The molecule has 0 bridgehead atoms. The second-order valence-corrected chi connectivity index (χ2v) is 6.00. The molecule has 108 valence electrons. The molecule has 2 fully saturated rings. The fourth-order valence-electron chi connectivity index (χ4n) is 3.08. The van der Waals surface area contributed by atoms with E-state index in [0.29, 0.717) is 31.2 Å². The zero-order chi connectivity index (χ0) is 14.0. The van der Waals surface area contributed by atoms with Crippen LogP contribution in [0.4, 0.5) is 0 Å². The van der Waals surface area contributed by atoms with Crippen molar-refractivity contribution in [2.24, 2.45) is 23.7 Å². The van der Waals surface area contributed by atoms with Gasteiger partial charge in [0.05, 0.1) is 17.9 Å². The average molecular weight is 269 g/mol. The highest BCUT2D eigenvalue weighted by Crippen LogP contribution is 2.34. The molecule has 1 saturated heterocycles. The first-order chi connectivity index (χ1) is 9.00. The first-order valence-electron chi connectivity index (χ1n) is 7.12. The Kier molecular flexibility index (Phi) is 4.45. The standard InChI is InChI=1S/C14H23NO4/c1-8(2)12-9(5-6-19-12)7-15-13(16)10-3-4-11(10)14(17)18/h8-12H,3-7H2,1-2H3,(H,15,16)(H,17,18). The van der Waals surface area contributed by atoms with Crippen LogP contribution in [0.3, 0.4) is 0 Å². The lowest BCUT2D eigenvalue weighted by Gasteiger charge is -2.32. The van der Waals surface area contributed by atoms with E-state index in [0.717, 1.165) is 13.0 Å². The molecule has 2 N–H and O–H groups in total. The molecule has 4 unspecified atom stereocenters. The fraction of sp³-hybridized carbons (Fsp3) is 0.857. The third-order valence-electron chi connectivity index (χ3n) is 4.39. The molecule has 1 aliphatic carbocycles. The summed E-state index contributed by atoms with van der Waals surface area (Å²) in [5.74, 6) is -0.978. The number of hydrogen-bond acceptors (Lipinski definition) is 3. The minimum absolute atomic E-state index is 0.104. The zero-order valence-electron chi connectivity index (χ0n) is 11.6. The van der Waals surface area contributed by atoms with E-state index >= 15 is 0 Å². The van der Waals surface area contributed by atoms with Gasteiger partial charge in [0.15, 0.2) is 0 Å². The van der Waals surface area contributed by atoms with Crippen molar-refractivity contribution in [2.45, 2.75) is 39.2 Å². The number of hydrogen-bond donors (Lipinski definition) is 2. The summed E-state index contributed by atoms with van der Waals surface area (Å²) >= 11 is 0. The van der Waals surface area contributed by atoms with Crippen molar-refractivity contribution in [1.29, 1.82) is 0 Å². The summed E-state index contributed by atoms with van der Waals surface area (Å²) < 4.78 is 5.67. The van der Waals surface area contributed by atoms with Crippen LogP contribution in [0.15, 0.2) is 0 Å². The highest BCUT2D eigenvalue weighted by atomic mass is 16.5. The van der Waals surface area contributed by atoms with Crippen LogP contribution in [0.25, 0.3) is 0 Å². The number of carbonyl (C=O) groups is 2. The summed E-state index contributed by atoms with van der Waals surface area (Å²) in [6.07, 6.45) is 2.49. The van der Waals surface area contributed by atoms with E-state index in [-0.39, 0.29) is 17.9 Å². The van der Waals surface area contributed by atoms with Crippen LogP contribution in [0.5, 0.6) is 0 Å². The normalized spacial score (nSPS) is 34.1. The first-order valence-corrected chi connectivity index (χ1v) is 7.12. The van der Waals surface area contributed by atoms with E-state index < -0.39 is 11.9 Å². The lowest BCUT2D eigenvalue weighted by atomic mass is 9.73. The molecule has 4 atom stereocenters. The molecule has 1 amide bonds. The van der Waals surface area contributed by atoms with Crippen LogP contribution in [0.1, 0.15) is 33.1 Å². The third-order valence-corrected chi connectivity index (χ3v) is 4.39. The second-order valence-electron chi connectivity index (χ2n) is 6.00. The number of nitrogens with one attached hydrogen (secondary N) is 1. The number of carbonyl (C=O) groups excluding carboxylic acids is 1. The van der Waals surface area contributed by atoms with E-state index in [1.807, 2.05) is 0 Å². The summed E-state index contributed by atoms with van der Waals surface area (Å²) in [7, 11) is 0. The van der Waals surface area contributed by atoms with Gasteiger partial charge in [0, 0.05) is 19.1 Å². The van der Waals surface area contributed by atoms with Crippen molar-refractivity contribution in [3.63, 3.8) is 0 Å². The molecule has 1 saturated carbocycles. The topological polar surface area (TPSA) is 75.6 Å². The molecule has 19 heavy (non-hydrogen) atoms. The minimum Gasteiger partial charge on any atom is -0.481 e. The van der Waals surface area contributed by atoms with Crippen LogP contribution in [0.2, 0.25) is 0 Å². The predicted octanol–water partition coefficient (Wildman–Crippen LogP) is 1.27. The molecule has 5 nitrogen and oxygen atoms in total. The van der Waals surface area contributed by atoms with Gasteiger partial charge in [-0.25, -0.2) is 0 Å². The van der Waals surface area contributed by atoms with Gasteiger partial charge in [-0.05, 0) is 25.2 Å². The van der Waals surface area contributed by atoms with Crippen molar-refractivity contribution in [2.75, 3.05) is 13.2 Å². The number of amides is 1. The van der Waals surface area contributed by atoms with Crippen molar-refractivity contribution in [1.82, 2.24) is 5.32 Å². The molecular weight excluding hydrogens is 246 g/mol. The highest BCUT2D eigenvalue weighted by molar-refractivity contribution is 5.86. The van der Waals surface area contributed by atoms with Gasteiger partial charge in [-0.3, -0.25) is 9.59 Å². The predicted molar refractivity (Wildman–Crippen MR) is 69.5 cm³/mol.